The van der Waals surface area contributed by atoms with Crippen molar-refractivity contribution in [1.82, 2.24) is 9.78 Å². The van der Waals surface area contributed by atoms with Crippen molar-refractivity contribution in [3.8, 4) is 11.6 Å². The lowest BCUT2D eigenvalue weighted by molar-refractivity contribution is -0.123. The number of fused-ring (bicyclic) bond motifs is 1. The Kier molecular flexibility index (Phi) is 6.79. The molecule has 0 bridgehead atoms. The third-order valence-electron chi connectivity index (χ3n) is 6.08. The summed E-state index contributed by atoms with van der Waals surface area (Å²) >= 11 is 0. The number of benzene rings is 1. The molecule has 2 amide bonds. The molecular weight excluding hydrogens is 478 g/mol. The zero-order chi connectivity index (χ0) is 25.3. The fourth-order valence-electron chi connectivity index (χ4n) is 4.27. The van der Waals surface area contributed by atoms with Gasteiger partial charge < -0.3 is 20.3 Å². The standard InChI is InChI=1S/C22H29N5O7S/c1-3-26-12-19(21(25-26)33-4-2)35(31,32)27-11-15(10-16(20(23)28)13-5-6-13)34-18-8-7-14(9-17(18)27)24-22(29)30/h7-9,12-13,15-16,24H,3-6,10-11H2,1-2H3,(H2,23,28)(H,29,30)/t15-,16-/m0/s1. The quantitative estimate of drug-likeness (QED) is 0.440. The number of nitrogens with one attached hydrogen (secondary N) is 1. The maximum atomic E-state index is 13.9. The molecule has 0 unspecified atom stereocenters. The maximum Gasteiger partial charge on any atom is 0.409 e. The molecule has 2 aromatic rings. The number of carbonyl (C=O) groups is 2. The fourth-order valence-corrected chi connectivity index (χ4v) is 5.84. The van der Waals surface area contributed by atoms with E-state index in [4.69, 9.17) is 20.3 Å². The first-order valence-corrected chi connectivity index (χ1v) is 12.9. The SMILES string of the molecule is CCOc1nn(CC)cc1S(=O)(=O)N1C[C@H](C[C@H](C(N)=O)C2CC2)Oc2ccc(NC(=O)O)cc21. The van der Waals surface area contributed by atoms with Gasteiger partial charge in [0.15, 0.2) is 4.90 Å². The topological polar surface area (TPSA) is 166 Å². The zero-order valence-electron chi connectivity index (χ0n) is 19.5. The van der Waals surface area contributed by atoms with Crippen LogP contribution in [0.5, 0.6) is 11.6 Å². The van der Waals surface area contributed by atoms with Gasteiger partial charge in [-0.2, -0.15) is 0 Å². The number of carboxylic acid groups (broad SMARTS) is 1. The van der Waals surface area contributed by atoms with Gasteiger partial charge in [0, 0.05) is 24.3 Å². The van der Waals surface area contributed by atoms with Gasteiger partial charge in [-0.15, -0.1) is 5.10 Å². The van der Waals surface area contributed by atoms with Gasteiger partial charge in [0.1, 0.15) is 11.9 Å². The van der Waals surface area contributed by atoms with Gasteiger partial charge >= 0.3 is 6.09 Å². The second-order valence-electron chi connectivity index (χ2n) is 8.56. The molecule has 1 aromatic carbocycles. The van der Waals surface area contributed by atoms with Crippen LogP contribution in [-0.4, -0.2) is 54.6 Å². The zero-order valence-corrected chi connectivity index (χ0v) is 20.3. The number of nitrogens with two attached hydrogens (primary N) is 1. The third kappa shape index (κ3) is 5.14. The summed E-state index contributed by atoms with van der Waals surface area (Å²) in [6.45, 7) is 4.12. The van der Waals surface area contributed by atoms with Gasteiger partial charge in [0.2, 0.25) is 5.91 Å². The number of hydrogen-bond acceptors (Lipinski definition) is 7. The van der Waals surface area contributed by atoms with Crippen LogP contribution in [0.1, 0.15) is 33.1 Å². The van der Waals surface area contributed by atoms with Gasteiger partial charge in [-0.3, -0.25) is 19.1 Å². The largest absolute Gasteiger partial charge is 0.486 e. The van der Waals surface area contributed by atoms with E-state index in [0.717, 1.165) is 17.1 Å². The lowest BCUT2D eigenvalue weighted by atomic mass is 9.95. The minimum absolute atomic E-state index is 0.0215. The highest BCUT2D eigenvalue weighted by atomic mass is 32.2. The number of amides is 2. The summed E-state index contributed by atoms with van der Waals surface area (Å²) in [6.07, 6.45) is 1.55. The van der Waals surface area contributed by atoms with E-state index in [0.29, 0.717) is 6.54 Å². The highest BCUT2D eigenvalue weighted by Gasteiger charge is 2.42. The summed E-state index contributed by atoms with van der Waals surface area (Å²) in [6, 6.07) is 4.38. The molecule has 1 fully saturated rings. The summed E-state index contributed by atoms with van der Waals surface area (Å²) < 4.78 is 42.1. The molecule has 0 radical (unpaired) electrons. The lowest BCUT2D eigenvalue weighted by Gasteiger charge is -2.36. The average molecular weight is 508 g/mol. The number of primary amides is 1. The van der Waals surface area contributed by atoms with Crippen molar-refractivity contribution >= 4 is 33.4 Å². The Bertz CT molecular complexity index is 1220. The lowest BCUT2D eigenvalue weighted by Crippen LogP contribution is -2.45. The minimum atomic E-state index is -4.20. The summed E-state index contributed by atoms with van der Waals surface area (Å²) in [5.41, 5.74) is 5.97. The Morgan fingerprint density at radius 2 is 2.09 bits per heavy atom. The summed E-state index contributed by atoms with van der Waals surface area (Å²) in [7, 11) is -4.20. The predicted octanol–water partition coefficient (Wildman–Crippen LogP) is 2.25. The van der Waals surface area contributed by atoms with Crippen molar-refractivity contribution in [2.45, 2.75) is 50.7 Å². The number of ether oxygens (including phenoxy) is 2. The van der Waals surface area contributed by atoms with Crippen molar-refractivity contribution < 1.29 is 32.6 Å². The van der Waals surface area contributed by atoms with Crippen molar-refractivity contribution in [2.24, 2.45) is 17.6 Å². The highest BCUT2D eigenvalue weighted by Crippen LogP contribution is 2.44. The van der Waals surface area contributed by atoms with E-state index >= 15 is 0 Å². The molecule has 0 saturated heterocycles. The van der Waals surface area contributed by atoms with Crippen molar-refractivity contribution in [3.63, 3.8) is 0 Å². The first kappa shape index (κ1) is 24.6. The fraction of sp³-hybridized carbons (Fsp3) is 0.500. The molecule has 0 spiro atoms. The molecule has 1 aromatic heterocycles. The van der Waals surface area contributed by atoms with Crippen LogP contribution in [0.25, 0.3) is 0 Å². The highest BCUT2D eigenvalue weighted by molar-refractivity contribution is 7.93. The molecule has 2 heterocycles. The first-order valence-electron chi connectivity index (χ1n) is 11.5. The molecule has 35 heavy (non-hydrogen) atoms. The molecular formula is C22H29N5O7S. The number of rotatable bonds is 10. The Balaban J connectivity index is 1.76. The monoisotopic (exact) mass is 507 g/mol. The molecule has 1 aliphatic carbocycles. The van der Waals surface area contributed by atoms with Crippen LogP contribution in [0.3, 0.4) is 0 Å². The van der Waals surface area contributed by atoms with E-state index in [-0.39, 0.29) is 53.4 Å². The normalized spacial score (nSPS) is 18.3. The van der Waals surface area contributed by atoms with E-state index in [9.17, 15) is 18.0 Å². The van der Waals surface area contributed by atoms with E-state index in [1.165, 1.54) is 29.1 Å². The van der Waals surface area contributed by atoms with E-state index < -0.39 is 34.0 Å². The van der Waals surface area contributed by atoms with Gasteiger partial charge in [0.25, 0.3) is 15.9 Å². The number of carbonyl (C=O) groups excluding carboxylic acids is 1. The Labute approximate surface area is 203 Å². The Morgan fingerprint density at radius 3 is 2.69 bits per heavy atom. The van der Waals surface area contributed by atoms with Crippen molar-refractivity contribution in [3.05, 3.63) is 24.4 Å². The smallest absolute Gasteiger partial charge is 0.409 e. The number of aromatic nitrogens is 2. The number of nitrogens with zero attached hydrogens (tertiary/aromatic N) is 3. The van der Waals surface area contributed by atoms with Gasteiger partial charge in [-0.1, -0.05) is 0 Å². The van der Waals surface area contributed by atoms with E-state index in [1.54, 1.807) is 6.92 Å². The van der Waals surface area contributed by atoms with Crippen LogP contribution in [0.4, 0.5) is 16.2 Å². The Hall–Kier alpha value is -3.48. The van der Waals surface area contributed by atoms with Crippen LogP contribution in [0, 0.1) is 11.8 Å². The van der Waals surface area contributed by atoms with Gasteiger partial charge in [-0.25, -0.2) is 13.2 Å². The summed E-state index contributed by atoms with van der Waals surface area (Å²) in [4.78, 5) is 23.1. The molecule has 190 valence electrons. The molecule has 4 N–H and O–H groups in total. The molecule has 13 heteroatoms. The van der Waals surface area contributed by atoms with Crippen LogP contribution < -0.4 is 24.8 Å². The van der Waals surface area contributed by atoms with Crippen molar-refractivity contribution in [1.29, 1.82) is 0 Å². The van der Waals surface area contributed by atoms with E-state index in [2.05, 4.69) is 10.4 Å². The summed E-state index contributed by atoms with van der Waals surface area (Å²) in [5, 5.41) is 15.6. The maximum absolute atomic E-state index is 13.9. The summed E-state index contributed by atoms with van der Waals surface area (Å²) in [5.74, 6) is -0.439. The molecule has 2 aliphatic rings. The molecule has 1 aliphatic heterocycles. The second-order valence-corrected chi connectivity index (χ2v) is 10.4. The van der Waals surface area contributed by atoms with Crippen LogP contribution in [0.2, 0.25) is 0 Å². The van der Waals surface area contributed by atoms with Crippen molar-refractivity contribution in [2.75, 3.05) is 22.8 Å². The molecule has 12 nitrogen and oxygen atoms in total. The number of aryl methyl sites for hydroxylation is 1. The van der Waals surface area contributed by atoms with E-state index in [1.807, 2.05) is 6.92 Å². The second kappa shape index (κ2) is 9.64. The number of sulfonamides is 1. The molecule has 2 atom stereocenters. The number of hydrogen-bond donors (Lipinski definition) is 3. The molecule has 1 saturated carbocycles. The van der Waals surface area contributed by atoms with Crippen LogP contribution in [0.15, 0.2) is 29.3 Å². The minimum Gasteiger partial charge on any atom is -0.486 e. The third-order valence-corrected chi connectivity index (χ3v) is 7.85. The average Bonchev–Trinajstić information content (AvgIpc) is 3.55. The van der Waals surface area contributed by atoms with Crippen LogP contribution in [-0.2, 0) is 21.4 Å². The number of anilines is 2. The van der Waals surface area contributed by atoms with Gasteiger partial charge in [0.05, 0.1) is 18.8 Å². The predicted molar refractivity (Wildman–Crippen MR) is 126 cm³/mol. The van der Waals surface area contributed by atoms with Gasteiger partial charge in [-0.05, 0) is 57.2 Å². The first-order chi connectivity index (χ1) is 16.6. The van der Waals surface area contributed by atoms with Crippen LogP contribution >= 0.6 is 0 Å². The molecule has 4 rings (SSSR count). The Morgan fingerprint density at radius 1 is 1.34 bits per heavy atom.